The Kier molecular flexibility index (Phi) is 3.26. The van der Waals surface area contributed by atoms with E-state index in [4.69, 9.17) is 9.47 Å². The van der Waals surface area contributed by atoms with Crippen molar-refractivity contribution in [2.45, 2.75) is 38.4 Å². The summed E-state index contributed by atoms with van der Waals surface area (Å²) in [5, 5.41) is 2.87. The molecule has 0 aromatic heterocycles. The van der Waals surface area contributed by atoms with Crippen molar-refractivity contribution < 1.29 is 14.3 Å². The molecule has 15 heavy (non-hydrogen) atoms. The lowest BCUT2D eigenvalue weighted by Crippen LogP contribution is -2.40. The minimum absolute atomic E-state index is 0.156. The first-order valence-corrected chi connectivity index (χ1v) is 5.81. The first kappa shape index (κ1) is 10.9. The Morgan fingerprint density at radius 3 is 2.47 bits per heavy atom. The summed E-state index contributed by atoms with van der Waals surface area (Å²) >= 11 is 0. The fraction of sp³-hybridized carbons (Fsp3) is 0.909. The average Bonchev–Trinajstić information content (AvgIpc) is 2.68. The Balaban J connectivity index is 1.83. The van der Waals surface area contributed by atoms with Gasteiger partial charge in [0.1, 0.15) is 0 Å². The number of nitrogens with one attached hydrogen (secondary N) is 1. The van der Waals surface area contributed by atoms with E-state index in [0.717, 1.165) is 25.7 Å². The third-order valence-electron chi connectivity index (χ3n) is 3.28. The molecule has 2 fully saturated rings. The van der Waals surface area contributed by atoms with Crippen LogP contribution in [0.15, 0.2) is 0 Å². The maximum Gasteiger partial charge on any atom is 0.223 e. The van der Waals surface area contributed by atoms with Crippen LogP contribution in [0.2, 0.25) is 0 Å². The first-order valence-electron chi connectivity index (χ1n) is 5.81. The van der Waals surface area contributed by atoms with Crippen molar-refractivity contribution in [3.8, 4) is 0 Å². The van der Waals surface area contributed by atoms with E-state index in [2.05, 4.69) is 5.32 Å². The number of hydrogen-bond donors (Lipinski definition) is 1. The highest BCUT2D eigenvalue weighted by Crippen LogP contribution is 2.38. The Bertz CT molecular complexity index is 226. The van der Waals surface area contributed by atoms with Crippen LogP contribution in [0, 0.1) is 5.92 Å². The Labute approximate surface area is 90.3 Å². The highest BCUT2D eigenvalue weighted by Gasteiger charge is 2.41. The van der Waals surface area contributed by atoms with Crippen LogP contribution in [0.3, 0.4) is 0 Å². The highest BCUT2D eigenvalue weighted by atomic mass is 16.7. The summed E-state index contributed by atoms with van der Waals surface area (Å²) in [7, 11) is 0. The van der Waals surface area contributed by atoms with Crippen LogP contribution >= 0.6 is 0 Å². The molecule has 0 unspecified atom stereocenters. The van der Waals surface area contributed by atoms with Crippen LogP contribution in [0.1, 0.15) is 32.6 Å². The lowest BCUT2D eigenvalue weighted by atomic mass is 9.84. The fourth-order valence-electron chi connectivity index (χ4n) is 2.42. The third kappa shape index (κ3) is 2.32. The molecule has 1 saturated heterocycles. The summed E-state index contributed by atoms with van der Waals surface area (Å²) in [6, 6.07) is 0. The van der Waals surface area contributed by atoms with E-state index in [1.54, 1.807) is 0 Å². The number of hydrogen-bond acceptors (Lipinski definition) is 3. The number of rotatable bonds is 2. The molecule has 1 heterocycles. The fourth-order valence-corrected chi connectivity index (χ4v) is 2.42. The number of amides is 1. The highest BCUT2D eigenvalue weighted by molar-refractivity contribution is 5.78. The van der Waals surface area contributed by atoms with E-state index in [1.165, 1.54) is 0 Å². The zero-order valence-corrected chi connectivity index (χ0v) is 9.25. The number of ether oxygens (including phenoxy) is 2. The second-order valence-electron chi connectivity index (χ2n) is 4.28. The van der Waals surface area contributed by atoms with Gasteiger partial charge in [0.15, 0.2) is 5.79 Å². The van der Waals surface area contributed by atoms with Gasteiger partial charge in [0.25, 0.3) is 0 Å². The smallest absolute Gasteiger partial charge is 0.223 e. The van der Waals surface area contributed by atoms with Gasteiger partial charge in [-0.05, 0) is 19.8 Å². The van der Waals surface area contributed by atoms with Gasteiger partial charge in [0.05, 0.1) is 13.2 Å². The molecule has 0 aromatic rings. The molecule has 0 radical (unpaired) electrons. The van der Waals surface area contributed by atoms with Gasteiger partial charge < -0.3 is 14.8 Å². The minimum atomic E-state index is -0.344. The van der Waals surface area contributed by atoms with Crippen LogP contribution < -0.4 is 5.32 Å². The zero-order valence-electron chi connectivity index (χ0n) is 9.25. The van der Waals surface area contributed by atoms with Crippen LogP contribution in [0.4, 0.5) is 0 Å². The minimum Gasteiger partial charge on any atom is -0.356 e. The van der Waals surface area contributed by atoms with Gasteiger partial charge in [0.2, 0.25) is 5.91 Å². The van der Waals surface area contributed by atoms with Gasteiger partial charge in [-0.2, -0.15) is 0 Å². The lowest BCUT2D eigenvalue weighted by molar-refractivity contribution is -0.183. The largest absolute Gasteiger partial charge is 0.356 e. The van der Waals surface area contributed by atoms with E-state index in [1.807, 2.05) is 6.92 Å². The molecule has 1 saturated carbocycles. The van der Waals surface area contributed by atoms with Crippen molar-refractivity contribution in [1.29, 1.82) is 0 Å². The van der Waals surface area contributed by atoms with Crippen molar-refractivity contribution in [1.82, 2.24) is 5.32 Å². The summed E-state index contributed by atoms with van der Waals surface area (Å²) < 4.78 is 11.2. The molecule has 4 heteroatoms. The van der Waals surface area contributed by atoms with Crippen LogP contribution in [-0.2, 0) is 14.3 Å². The van der Waals surface area contributed by atoms with Crippen molar-refractivity contribution in [3.05, 3.63) is 0 Å². The maximum atomic E-state index is 11.6. The van der Waals surface area contributed by atoms with Gasteiger partial charge in [-0.25, -0.2) is 0 Å². The van der Waals surface area contributed by atoms with Gasteiger partial charge in [-0.1, -0.05) is 0 Å². The van der Waals surface area contributed by atoms with Gasteiger partial charge in [-0.15, -0.1) is 0 Å². The summed E-state index contributed by atoms with van der Waals surface area (Å²) in [5.41, 5.74) is 0. The zero-order chi connectivity index (χ0) is 10.7. The van der Waals surface area contributed by atoms with Crippen molar-refractivity contribution in [2.24, 2.45) is 5.92 Å². The summed E-state index contributed by atoms with van der Waals surface area (Å²) in [4.78, 5) is 11.6. The normalized spacial score (nSPS) is 25.7. The molecule has 1 aliphatic carbocycles. The Hall–Kier alpha value is -0.610. The van der Waals surface area contributed by atoms with Crippen LogP contribution in [0.5, 0.6) is 0 Å². The van der Waals surface area contributed by atoms with Gasteiger partial charge in [-0.3, -0.25) is 4.79 Å². The lowest BCUT2D eigenvalue weighted by Gasteiger charge is -2.34. The van der Waals surface area contributed by atoms with Crippen molar-refractivity contribution >= 4 is 5.91 Å². The predicted molar refractivity (Wildman–Crippen MR) is 55.3 cm³/mol. The quantitative estimate of drug-likeness (QED) is 0.746. The molecule has 86 valence electrons. The molecular weight excluding hydrogens is 194 g/mol. The molecule has 4 nitrogen and oxygen atoms in total. The van der Waals surface area contributed by atoms with Crippen LogP contribution in [-0.4, -0.2) is 31.5 Å². The molecule has 1 amide bonds. The Morgan fingerprint density at radius 1 is 1.33 bits per heavy atom. The van der Waals surface area contributed by atoms with Gasteiger partial charge in [0, 0.05) is 25.3 Å². The predicted octanol–water partition coefficient (Wildman–Crippen LogP) is 1.06. The molecular formula is C11H19NO3. The molecule has 1 spiro atoms. The summed E-state index contributed by atoms with van der Waals surface area (Å²) in [6.07, 6.45) is 3.47. The molecule has 0 aromatic carbocycles. The average molecular weight is 213 g/mol. The molecule has 2 rings (SSSR count). The standard InChI is InChI=1S/C11H19NO3/c1-2-12-10(13)9-3-5-11(6-4-9)14-7-8-15-11/h9H,2-8H2,1H3,(H,12,13). The van der Waals surface area contributed by atoms with E-state index in [9.17, 15) is 4.79 Å². The van der Waals surface area contributed by atoms with E-state index < -0.39 is 0 Å². The number of carbonyl (C=O) groups is 1. The second kappa shape index (κ2) is 4.49. The Morgan fingerprint density at radius 2 is 1.93 bits per heavy atom. The maximum absolute atomic E-state index is 11.6. The molecule has 1 N–H and O–H groups in total. The number of carbonyl (C=O) groups excluding carboxylic acids is 1. The molecule has 2 aliphatic rings. The molecule has 1 aliphatic heterocycles. The van der Waals surface area contributed by atoms with Crippen LogP contribution in [0.25, 0.3) is 0 Å². The van der Waals surface area contributed by atoms with E-state index >= 15 is 0 Å². The summed E-state index contributed by atoms with van der Waals surface area (Å²) in [6.45, 7) is 4.07. The van der Waals surface area contributed by atoms with Crippen molar-refractivity contribution in [3.63, 3.8) is 0 Å². The van der Waals surface area contributed by atoms with Gasteiger partial charge >= 0.3 is 0 Å². The molecule has 0 atom stereocenters. The third-order valence-corrected chi connectivity index (χ3v) is 3.28. The SMILES string of the molecule is CCNC(=O)C1CCC2(CC1)OCCO2. The monoisotopic (exact) mass is 213 g/mol. The summed E-state index contributed by atoms with van der Waals surface area (Å²) in [5.74, 6) is -0.00284. The first-order chi connectivity index (χ1) is 7.26. The topological polar surface area (TPSA) is 47.6 Å². The van der Waals surface area contributed by atoms with E-state index in [-0.39, 0.29) is 17.6 Å². The molecule has 0 bridgehead atoms. The van der Waals surface area contributed by atoms with Crippen molar-refractivity contribution in [2.75, 3.05) is 19.8 Å². The second-order valence-corrected chi connectivity index (χ2v) is 4.28. The van der Waals surface area contributed by atoms with E-state index in [0.29, 0.717) is 19.8 Å².